The summed E-state index contributed by atoms with van der Waals surface area (Å²) in [5.74, 6) is 0.234. The van der Waals surface area contributed by atoms with Crippen molar-refractivity contribution in [2.45, 2.75) is 39.2 Å². The fraction of sp³-hybridized carbons (Fsp3) is 0.727. The van der Waals surface area contributed by atoms with Gasteiger partial charge >= 0.3 is 11.8 Å². The molecular formula is C11H17N3O2. The Morgan fingerprint density at radius 3 is 2.38 bits per heavy atom. The number of hydrogen-bond donors (Lipinski definition) is 2. The van der Waals surface area contributed by atoms with Crippen molar-refractivity contribution in [2.75, 3.05) is 0 Å². The van der Waals surface area contributed by atoms with Crippen LogP contribution in [-0.4, -0.2) is 23.8 Å². The lowest BCUT2D eigenvalue weighted by Gasteiger charge is -2.31. The average Bonchev–Trinajstić information content (AvgIpc) is 2.54. The van der Waals surface area contributed by atoms with E-state index in [0.29, 0.717) is 17.8 Å². The molecule has 0 bridgehead atoms. The molecule has 5 heteroatoms. The maximum absolute atomic E-state index is 11.0. The van der Waals surface area contributed by atoms with E-state index in [1.54, 1.807) is 0 Å². The van der Waals surface area contributed by atoms with Gasteiger partial charge in [0.05, 0.1) is 6.04 Å². The molecule has 2 N–H and O–H groups in total. The van der Waals surface area contributed by atoms with Crippen LogP contribution in [-0.2, 0) is 9.59 Å². The average molecular weight is 223 g/mol. The molecule has 2 rings (SSSR count). The minimum Gasteiger partial charge on any atom is -0.288 e. The van der Waals surface area contributed by atoms with Crippen molar-refractivity contribution in [1.82, 2.24) is 10.6 Å². The third kappa shape index (κ3) is 2.08. The highest BCUT2D eigenvalue weighted by Gasteiger charge is 2.30. The normalized spacial score (nSPS) is 34.6. The molecule has 5 nitrogen and oxygen atoms in total. The lowest BCUT2D eigenvalue weighted by atomic mass is 9.78. The van der Waals surface area contributed by atoms with Crippen LogP contribution in [0.1, 0.15) is 33.1 Å². The molecule has 3 atom stereocenters. The monoisotopic (exact) mass is 223 g/mol. The summed E-state index contributed by atoms with van der Waals surface area (Å²) in [6.45, 7) is 4.40. The number of nitrogens with one attached hydrogen (secondary N) is 2. The van der Waals surface area contributed by atoms with E-state index in [9.17, 15) is 9.59 Å². The van der Waals surface area contributed by atoms with Crippen LogP contribution in [0.4, 0.5) is 0 Å². The predicted molar refractivity (Wildman–Crippen MR) is 59.7 cm³/mol. The SMILES string of the molecule is CC1CCCC(N=C2NC(=O)C(=O)N2)C1C. The minimum absolute atomic E-state index is 0.206. The molecule has 0 aromatic heterocycles. The zero-order chi connectivity index (χ0) is 11.7. The number of carbonyl (C=O) groups excluding carboxylic acids is 2. The molecule has 0 radical (unpaired) electrons. The Morgan fingerprint density at radius 2 is 1.75 bits per heavy atom. The van der Waals surface area contributed by atoms with Crippen LogP contribution < -0.4 is 10.6 Å². The largest absolute Gasteiger partial charge is 0.316 e. The van der Waals surface area contributed by atoms with Gasteiger partial charge in [0, 0.05) is 0 Å². The molecule has 0 aromatic carbocycles. The van der Waals surface area contributed by atoms with Gasteiger partial charge in [-0.15, -0.1) is 0 Å². The van der Waals surface area contributed by atoms with Crippen LogP contribution in [0.3, 0.4) is 0 Å². The van der Waals surface area contributed by atoms with Crippen molar-refractivity contribution in [3.05, 3.63) is 0 Å². The van der Waals surface area contributed by atoms with E-state index in [0.717, 1.165) is 12.8 Å². The summed E-state index contributed by atoms with van der Waals surface area (Å²) in [6.07, 6.45) is 3.43. The summed E-state index contributed by atoms with van der Waals surface area (Å²) in [4.78, 5) is 26.4. The maximum Gasteiger partial charge on any atom is 0.316 e. The van der Waals surface area contributed by atoms with E-state index in [-0.39, 0.29) is 6.04 Å². The van der Waals surface area contributed by atoms with Gasteiger partial charge in [-0.25, -0.2) is 4.99 Å². The Balaban J connectivity index is 2.06. The quantitative estimate of drug-likeness (QED) is 0.632. The van der Waals surface area contributed by atoms with Crippen molar-refractivity contribution in [2.24, 2.45) is 16.8 Å². The van der Waals surface area contributed by atoms with Crippen molar-refractivity contribution in [3.63, 3.8) is 0 Å². The van der Waals surface area contributed by atoms with Crippen LogP contribution in [0.5, 0.6) is 0 Å². The molecule has 0 spiro atoms. The van der Waals surface area contributed by atoms with Gasteiger partial charge in [0.25, 0.3) is 0 Å². The zero-order valence-corrected chi connectivity index (χ0v) is 9.62. The Morgan fingerprint density at radius 1 is 1.12 bits per heavy atom. The number of guanidine groups is 1. The Kier molecular flexibility index (Phi) is 2.94. The van der Waals surface area contributed by atoms with Gasteiger partial charge in [0.1, 0.15) is 0 Å². The van der Waals surface area contributed by atoms with Gasteiger partial charge in [0.2, 0.25) is 5.96 Å². The summed E-state index contributed by atoms with van der Waals surface area (Å²) in [5, 5.41) is 4.87. The minimum atomic E-state index is -0.615. The summed E-state index contributed by atoms with van der Waals surface area (Å²) in [5.41, 5.74) is 0. The molecule has 1 saturated carbocycles. The molecule has 2 fully saturated rings. The third-order valence-corrected chi connectivity index (χ3v) is 3.63. The third-order valence-electron chi connectivity index (χ3n) is 3.63. The molecule has 2 aliphatic rings. The van der Waals surface area contributed by atoms with Crippen molar-refractivity contribution >= 4 is 17.8 Å². The number of nitrogens with zero attached hydrogens (tertiary/aromatic N) is 1. The summed E-state index contributed by atoms with van der Waals surface area (Å²) in [7, 11) is 0. The Bertz CT molecular complexity index is 333. The van der Waals surface area contributed by atoms with Crippen LogP contribution in [0.25, 0.3) is 0 Å². The fourth-order valence-electron chi connectivity index (χ4n) is 2.33. The van der Waals surface area contributed by atoms with Crippen molar-refractivity contribution in [1.29, 1.82) is 0 Å². The number of rotatable bonds is 1. The van der Waals surface area contributed by atoms with E-state index >= 15 is 0 Å². The molecule has 0 aromatic rings. The first-order valence-electron chi connectivity index (χ1n) is 5.78. The van der Waals surface area contributed by atoms with E-state index in [1.165, 1.54) is 6.42 Å². The van der Waals surface area contributed by atoms with Crippen LogP contribution >= 0.6 is 0 Å². The second-order valence-electron chi connectivity index (χ2n) is 4.72. The second kappa shape index (κ2) is 4.23. The first-order chi connectivity index (χ1) is 7.58. The highest BCUT2D eigenvalue weighted by molar-refractivity contribution is 6.45. The number of aliphatic imine (C=N–C) groups is 1. The Hall–Kier alpha value is -1.39. The maximum atomic E-state index is 11.0. The molecule has 88 valence electrons. The predicted octanol–water partition coefficient (Wildman–Crippen LogP) is 0.413. The number of carbonyl (C=O) groups is 2. The molecular weight excluding hydrogens is 206 g/mol. The van der Waals surface area contributed by atoms with Gasteiger partial charge < -0.3 is 0 Å². The van der Waals surface area contributed by atoms with Gasteiger partial charge in [-0.1, -0.05) is 26.7 Å². The van der Waals surface area contributed by atoms with Gasteiger partial charge in [-0.2, -0.15) is 0 Å². The zero-order valence-electron chi connectivity index (χ0n) is 9.62. The van der Waals surface area contributed by atoms with E-state index < -0.39 is 11.8 Å². The number of amides is 2. The summed E-state index contributed by atoms with van der Waals surface area (Å²) >= 11 is 0. The highest BCUT2D eigenvalue weighted by atomic mass is 16.2. The topological polar surface area (TPSA) is 70.6 Å². The molecule has 2 amide bonds. The van der Waals surface area contributed by atoms with Gasteiger partial charge in [-0.3, -0.25) is 20.2 Å². The van der Waals surface area contributed by atoms with E-state index in [1.807, 2.05) is 0 Å². The summed E-state index contributed by atoms with van der Waals surface area (Å²) in [6, 6.07) is 0.206. The van der Waals surface area contributed by atoms with E-state index in [4.69, 9.17) is 0 Å². The first kappa shape index (κ1) is 11.1. The molecule has 3 unspecified atom stereocenters. The molecule has 1 aliphatic carbocycles. The molecule has 16 heavy (non-hydrogen) atoms. The lowest BCUT2D eigenvalue weighted by molar-refractivity contribution is -0.135. The van der Waals surface area contributed by atoms with Crippen LogP contribution in [0.15, 0.2) is 4.99 Å². The fourth-order valence-corrected chi connectivity index (χ4v) is 2.33. The standard InChI is InChI=1S/C11H17N3O2/c1-6-4-3-5-8(7(6)2)12-11-13-9(15)10(16)14-11/h6-8H,3-5H2,1-2H3,(H2,12,13,14,15,16). The smallest absolute Gasteiger partial charge is 0.288 e. The molecule has 1 aliphatic heterocycles. The van der Waals surface area contributed by atoms with E-state index in [2.05, 4.69) is 29.5 Å². The number of hydrogen-bond acceptors (Lipinski definition) is 3. The van der Waals surface area contributed by atoms with Crippen LogP contribution in [0.2, 0.25) is 0 Å². The molecule has 1 saturated heterocycles. The highest BCUT2D eigenvalue weighted by Crippen LogP contribution is 2.31. The first-order valence-corrected chi connectivity index (χ1v) is 5.78. The molecule has 1 heterocycles. The summed E-state index contributed by atoms with van der Waals surface area (Å²) < 4.78 is 0. The van der Waals surface area contributed by atoms with Crippen molar-refractivity contribution < 1.29 is 9.59 Å². The second-order valence-corrected chi connectivity index (χ2v) is 4.72. The van der Waals surface area contributed by atoms with Crippen molar-refractivity contribution in [3.8, 4) is 0 Å². The Labute approximate surface area is 94.7 Å². The lowest BCUT2D eigenvalue weighted by Crippen LogP contribution is -2.33. The van der Waals surface area contributed by atoms with Crippen LogP contribution in [0, 0.1) is 11.8 Å². The van der Waals surface area contributed by atoms with Gasteiger partial charge in [0.15, 0.2) is 0 Å². The van der Waals surface area contributed by atoms with Gasteiger partial charge in [-0.05, 0) is 18.3 Å².